The van der Waals surface area contributed by atoms with Crippen molar-refractivity contribution in [2.75, 3.05) is 0 Å². The molecule has 0 bridgehead atoms. The molecule has 0 aliphatic carbocycles. The van der Waals surface area contributed by atoms with E-state index >= 15 is 0 Å². The molecular formula is C14H14N4O3. The van der Waals surface area contributed by atoms with Crippen LogP contribution in [0.25, 0.3) is 11.0 Å². The number of carboxylic acids is 1. The number of imidazole rings is 1. The van der Waals surface area contributed by atoms with Gasteiger partial charge >= 0.3 is 11.7 Å². The third-order valence-corrected chi connectivity index (χ3v) is 3.35. The van der Waals surface area contributed by atoms with Crippen molar-refractivity contribution in [1.82, 2.24) is 19.3 Å². The van der Waals surface area contributed by atoms with Gasteiger partial charge in [-0.05, 0) is 30.7 Å². The third kappa shape index (κ3) is 2.58. The van der Waals surface area contributed by atoms with Crippen molar-refractivity contribution in [1.29, 1.82) is 0 Å². The summed E-state index contributed by atoms with van der Waals surface area (Å²) in [6.45, 7) is 1.27. The number of carboxylic acid groups (broad SMARTS) is 1. The summed E-state index contributed by atoms with van der Waals surface area (Å²) >= 11 is 0. The molecule has 2 aromatic heterocycles. The quantitative estimate of drug-likeness (QED) is 0.739. The molecule has 0 fully saturated rings. The van der Waals surface area contributed by atoms with E-state index in [4.69, 9.17) is 5.11 Å². The van der Waals surface area contributed by atoms with Crippen LogP contribution in [-0.2, 0) is 13.1 Å². The molecule has 0 spiro atoms. The van der Waals surface area contributed by atoms with Crippen LogP contribution in [-0.4, -0.2) is 30.4 Å². The fourth-order valence-electron chi connectivity index (χ4n) is 2.34. The molecule has 0 radical (unpaired) electrons. The lowest BCUT2D eigenvalue weighted by Crippen LogP contribution is -2.17. The van der Waals surface area contributed by atoms with Gasteiger partial charge in [0.05, 0.1) is 16.6 Å². The Bertz CT molecular complexity index is 830. The molecule has 108 valence electrons. The van der Waals surface area contributed by atoms with E-state index in [2.05, 4.69) is 10.1 Å². The highest BCUT2D eigenvalue weighted by Gasteiger charge is 2.09. The molecule has 0 aliphatic rings. The molecule has 0 amide bonds. The van der Waals surface area contributed by atoms with Crippen LogP contribution in [0.3, 0.4) is 0 Å². The Balaban J connectivity index is 1.83. The number of nitrogens with zero attached hydrogens (tertiary/aromatic N) is 3. The maximum Gasteiger partial charge on any atom is 0.335 e. The zero-order chi connectivity index (χ0) is 14.8. The second-order valence-corrected chi connectivity index (χ2v) is 4.74. The number of aromatic carboxylic acids is 1. The second kappa shape index (κ2) is 5.28. The van der Waals surface area contributed by atoms with Crippen LogP contribution >= 0.6 is 0 Å². The average Bonchev–Trinajstić information content (AvgIpc) is 3.06. The first-order valence-corrected chi connectivity index (χ1v) is 6.58. The molecule has 0 unspecified atom stereocenters. The summed E-state index contributed by atoms with van der Waals surface area (Å²) in [5.74, 6) is -1.01. The van der Waals surface area contributed by atoms with Crippen LogP contribution in [0.4, 0.5) is 0 Å². The van der Waals surface area contributed by atoms with Gasteiger partial charge in [0.1, 0.15) is 0 Å². The van der Waals surface area contributed by atoms with Crippen LogP contribution in [0, 0.1) is 0 Å². The van der Waals surface area contributed by atoms with E-state index < -0.39 is 5.97 Å². The fourth-order valence-corrected chi connectivity index (χ4v) is 2.34. The van der Waals surface area contributed by atoms with Crippen molar-refractivity contribution >= 4 is 17.0 Å². The van der Waals surface area contributed by atoms with Crippen molar-refractivity contribution < 1.29 is 9.90 Å². The topological polar surface area (TPSA) is 92.9 Å². The van der Waals surface area contributed by atoms with E-state index in [0.29, 0.717) is 17.6 Å². The lowest BCUT2D eigenvalue weighted by atomic mass is 10.2. The van der Waals surface area contributed by atoms with Crippen LogP contribution in [0.2, 0.25) is 0 Å². The highest BCUT2D eigenvalue weighted by atomic mass is 16.4. The smallest absolute Gasteiger partial charge is 0.335 e. The first kappa shape index (κ1) is 13.2. The Morgan fingerprint density at radius 2 is 2.19 bits per heavy atom. The standard InChI is InChI=1S/C14H14N4O3/c19-13(20)10-3-4-12-11(9-10)16-14(21)18(12)8-2-7-17-6-1-5-15-17/h1,3-6,9H,2,7-8H2,(H,16,21)(H,19,20). The zero-order valence-electron chi connectivity index (χ0n) is 11.2. The maximum atomic E-state index is 11.9. The monoisotopic (exact) mass is 286 g/mol. The third-order valence-electron chi connectivity index (χ3n) is 3.35. The lowest BCUT2D eigenvalue weighted by molar-refractivity contribution is 0.0697. The van der Waals surface area contributed by atoms with Crippen LogP contribution in [0.15, 0.2) is 41.5 Å². The Hall–Kier alpha value is -2.83. The van der Waals surface area contributed by atoms with Gasteiger partial charge in [-0.3, -0.25) is 9.25 Å². The summed E-state index contributed by atoms with van der Waals surface area (Å²) in [7, 11) is 0. The average molecular weight is 286 g/mol. The molecule has 0 aliphatic heterocycles. The van der Waals surface area contributed by atoms with Crippen molar-refractivity contribution in [3.05, 3.63) is 52.7 Å². The number of aromatic amines is 1. The molecule has 2 heterocycles. The molecular weight excluding hydrogens is 272 g/mol. The number of nitrogens with one attached hydrogen (secondary N) is 1. The molecule has 0 saturated carbocycles. The molecule has 7 nitrogen and oxygen atoms in total. The maximum absolute atomic E-state index is 11.9. The molecule has 0 atom stereocenters. The van der Waals surface area contributed by atoms with E-state index in [9.17, 15) is 9.59 Å². The van der Waals surface area contributed by atoms with Gasteiger partial charge in [-0.2, -0.15) is 5.10 Å². The van der Waals surface area contributed by atoms with Gasteiger partial charge in [0, 0.05) is 25.5 Å². The van der Waals surface area contributed by atoms with Gasteiger partial charge in [-0.15, -0.1) is 0 Å². The van der Waals surface area contributed by atoms with Gasteiger partial charge in [0.2, 0.25) is 0 Å². The SMILES string of the molecule is O=C(O)c1ccc2c(c1)[nH]c(=O)n2CCCn1cccn1. The minimum absolute atomic E-state index is 0.160. The van der Waals surface area contributed by atoms with Crippen molar-refractivity contribution in [3.63, 3.8) is 0 Å². The van der Waals surface area contributed by atoms with Crippen molar-refractivity contribution in [3.8, 4) is 0 Å². The number of hydrogen-bond acceptors (Lipinski definition) is 3. The predicted molar refractivity (Wildman–Crippen MR) is 76.4 cm³/mol. The summed E-state index contributed by atoms with van der Waals surface area (Å²) in [6, 6.07) is 6.49. The Labute approximate surface area is 119 Å². The van der Waals surface area contributed by atoms with E-state index in [1.807, 2.05) is 16.9 Å². The Morgan fingerprint density at radius 3 is 2.90 bits per heavy atom. The summed E-state index contributed by atoms with van der Waals surface area (Å²) in [5, 5.41) is 13.1. The number of aryl methyl sites for hydroxylation is 2. The van der Waals surface area contributed by atoms with Crippen LogP contribution < -0.4 is 5.69 Å². The first-order valence-electron chi connectivity index (χ1n) is 6.58. The molecule has 0 saturated heterocycles. The summed E-state index contributed by atoms with van der Waals surface area (Å²) in [5.41, 5.74) is 1.19. The number of benzene rings is 1. The summed E-state index contributed by atoms with van der Waals surface area (Å²) in [4.78, 5) is 25.6. The molecule has 1 aromatic carbocycles. The molecule has 3 aromatic rings. The van der Waals surface area contributed by atoms with Gasteiger partial charge in [0.25, 0.3) is 0 Å². The fraction of sp³-hybridized carbons (Fsp3) is 0.214. The lowest BCUT2D eigenvalue weighted by Gasteiger charge is -2.04. The van der Waals surface area contributed by atoms with Gasteiger partial charge < -0.3 is 10.1 Å². The van der Waals surface area contributed by atoms with Gasteiger partial charge in [-0.25, -0.2) is 9.59 Å². The predicted octanol–water partition coefficient (Wildman–Crippen LogP) is 1.31. The second-order valence-electron chi connectivity index (χ2n) is 4.74. The number of hydrogen-bond donors (Lipinski definition) is 2. The number of H-pyrrole nitrogens is 1. The van der Waals surface area contributed by atoms with Crippen LogP contribution in [0.1, 0.15) is 16.8 Å². The van der Waals surface area contributed by atoms with Crippen molar-refractivity contribution in [2.45, 2.75) is 19.5 Å². The molecule has 7 heteroatoms. The van der Waals surface area contributed by atoms with Crippen molar-refractivity contribution in [2.24, 2.45) is 0 Å². The van der Waals surface area contributed by atoms with Gasteiger partial charge in [-0.1, -0.05) is 0 Å². The zero-order valence-corrected chi connectivity index (χ0v) is 11.2. The Morgan fingerprint density at radius 1 is 1.33 bits per heavy atom. The minimum atomic E-state index is -1.01. The summed E-state index contributed by atoms with van der Waals surface area (Å²) in [6.07, 6.45) is 4.34. The van der Waals surface area contributed by atoms with E-state index in [1.165, 1.54) is 12.1 Å². The molecule has 21 heavy (non-hydrogen) atoms. The number of aromatic nitrogens is 4. The molecule has 3 rings (SSSR count). The minimum Gasteiger partial charge on any atom is -0.478 e. The molecule has 2 N–H and O–H groups in total. The van der Waals surface area contributed by atoms with E-state index in [0.717, 1.165) is 13.0 Å². The van der Waals surface area contributed by atoms with Crippen LogP contribution in [0.5, 0.6) is 0 Å². The van der Waals surface area contributed by atoms with E-state index in [-0.39, 0.29) is 11.3 Å². The normalized spacial score (nSPS) is 11.0. The Kier molecular flexibility index (Phi) is 3.31. The first-order chi connectivity index (χ1) is 10.1. The highest BCUT2D eigenvalue weighted by Crippen LogP contribution is 2.13. The number of carbonyl (C=O) groups is 1. The number of fused-ring (bicyclic) bond motifs is 1. The van der Waals surface area contributed by atoms with E-state index in [1.54, 1.807) is 16.8 Å². The number of rotatable bonds is 5. The highest BCUT2D eigenvalue weighted by molar-refractivity contribution is 5.92. The largest absolute Gasteiger partial charge is 0.478 e. The summed E-state index contributed by atoms with van der Waals surface area (Å²) < 4.78 is 3.42. The van der Waals surface area contributed by atoms with Gasteiger partial charge in [0.15, 0.2) is 0 Å².